The van der Waals surface area contributed by atoms with Crippen molar-refractivity contribution < 1.29 is 34.5 Å². The first-order valence-corrected chi connectivity index (χ1v) is 20.5. The van der Waals surface area contributed by atoms with Gasteiger partial charge in [-0.2, -0.15) is 0 Å². The van der Waals surface area contributed by atoms with Gasteiger partial charge < -0.3 is 25.5 Å². The number of carboxylic acid groups (broad SMARTS) is 3. The summed E-state index contributed by atoms with van der Waals surface area (Å²) in [6.07, 6.45) is 12.8. The Morgan fingerprint density at radius 2 is 1.48 bits per heavy atom. The van der Waals surface area contributed by atoms with Gasteiger partial charge in [-0.3, -0.25) is 14.4 Å². The van der Waals surface area contributed by atoms with Crippen molar-refractivity contribution in [3.8, 4) is 0 Å². The lowest BCUT2D eigenvalue weighted by molar-refractivity contribution is -0.205. The third-order valence-corrected chi connectivity index (χ3v) is 15.4. The highest BCUT2D eigenvalue weighted by Gasteiger charge is 2.69. The van der Waals surface area contributed by atoms with Crippen LogP contribution in [0, 0.1) is 51.2 Å². The van der Waals surface area contributed by atoms with Crippen LogP contribution in [0.15, 0.2) is 42.5 Å². The minimum atomic E-state index is -0.925. The van der Waals surface area contributed by atoms with E-state index in [-0.39, 0.29) is 54.0 Å². The fourth-order valence-electron chi connectivity index (χ4n) is 12.4. The largest absolute Gasteiger partial charge is 0.481 e. The average Bonchev–Trinajstić information content (AvgIpc) is 3.51. The Balaban J connectivity index is 1.37. The molecule has 0 aromatic heterocycles. The van der Waals surface area contributed by atoms with E-state index in [9.17, 15) is 34.5 Å². The van der Waals surface area contributed by atoms with Crippen LogP contribution in [0.1, 0.15) is 135 Å². The second-order valence-electron chi connectivity index (χ2n) is 18.5. The second kappa shape index (κ2) is 16.3. The number of hydrogen-bond donors (Lipinski definition) is 4. The quantitative estimate of drug-likeness (QED) is 0.123. The number of amides is 1. The molecule has 9 heteroatoms. The van der Waals surface area contributed by atoms with Crippen LogP contribution >= 0.6 is 0 Å². The molecule has 4 aliphatic carbocycles. The molecule has 4 aliphatic rings. The number of carbonyl (C=O) groups is 4. The molecule has 0 saturated heterocycles. The smallest absolute Gasteiger partial charge is 0.335 e. The van der Waals surface area contributed by atoms with E-state index in [1.807, 2.05) is 17.0 Å². The van der Waals surface area contributed by atoms with Crippen molar-refractivity contribution in [2.24, 2.45) is 51.2 Å². The summed E-state index contributed by atoms with van der Waals surface area (Å²) in [6, 6.07) is 7.32. The van der Waals surface area contributed by atoms with Gasteiger partial charge in [-0.1, -0.05) is 71.4 Å². The summed E-state index contributed by atoms with van der Waals surface area (Å²) in [7, 11) is 0. The minimum Gasteiger partial charge on any atom is -0.481 e. The number of nitrogens with one attached hydrogen (secondary N) is 1. The number of carboxylic acids is 3. The predicted octanol–water partition coefficient (Wildman–Crippen LogP) is 8.79. The maximum Gasteiger partial charge on any atom is 0.335 e. The van der Waals surface area contributed by atoms with Crippen LogP contribution in [-0.4, -0.2) is 70.2 Å². The van der Waals surface area contributed by atoms with E-state index in [0.29, 0.717) is 42.3 Å². The van der Waals surface area contributed by atoms with E-state index >= 15 is 0 Å². The molecule has 0 heterocycles. The topological polar surface area (TPSA) is 144 Å². The zero-order valence-electron chi connectivity index (χ0n) is 33.7. The van der Waals surface area contributed by atoms with Gasteiger partial charge in [0.2, 0.25) is 5.91 Å². The van der Waals surface area contributed by atoms with E-state index in [1.54, 1.807) is 12.1 Å². The summed E-state index contributed by atoms with van der Waals surface area (Å²) in [5.74, 6) is -0.873. The molecule has 9 nitrogen and oxygen atoms in total. The van der Waals surface area contributed by atoms with Gasteiger partial charge in [0.15, 0.2) is 0 Å². The predicted molar refractivity (Wildman–Crippen MR) is 212 cm³/mol. The van der Waals surface area contributed by atoms with E-state index < -0.39 is 23.3 Å². The number of benzene rings is 1. The Bertz CT molecular complexity index is 1600. The Morgan fingerprint density at radius 3 is 2.06 bits per heavy atom. The molecule has 8 unspecified atom stereocenters. The average molecular weight is 747 g/mol. The van der Waals surface area contributed by atoms with Crippen molar-refractivity contribution in [2.75, 3.05) is 26.2 Å². The fourth-order valence-corrected chi connectivity index (χ4v) is 12.4. The molecule has 0 aliphatic heterocycles. The number of hydrogen-bond acceptors (Lipinski definition) is 5. The van der Waals surface area contributed by atoms with Crippen molar-refractivity contribution >= 4 is 29.4 Å². The van der Waals surface area contributed by atoms with Gasteiger partial charge in [-0.15, -0.1) is 0 Å². The number of carbonyl (C=O) groups excluding carboxylic acids is 1. The zero-order valence-corrected chi connectivity index (χ0v) is 33.7. The van der Waals surface area contributed by atoms with Gasteiger partial charge in [0.25, 0.3) is 0 Å². The molecule has 5 rings (SSSR count). The molecule has 0 spiro atoms. The standard InChI is InChI=1S/C45H66N2O7/c1-29(2)33(31-9-11-32(12-10-31)40(52)53)15-21-42(5)19-8-20-44(7)36(42)14-13-35-39-34(30(3)4)16-22-45(39,24-23-43(35,44)6)41(54)46-25-28-47(26-17-37(48)49)27-18-38(50)51/h9-12,15,29,34-36,39H,3,8,13-14,16-28H2,1-2,4-7H3,(H,46,54)(H,48,49)(H,50,51)(H,52,53). The lowest BCUT2D eigenvalue weighted by Crippen LogP contribution is -2.64. The maximum atomic E-state index is 14.5. The number of rotatable bonds is 16. The van der Waals surface area contributed by atoms with Gasteiger partial charge in [0.05, 0.1) is 23.8 Å². The number of aromatic carboxylic acids is 1. The summed E-state index contributed by atoms with van der Waals surface area (Å²) >= 11 is 0. The first-order valence-electron chi connectivity index (χ1n) is 20.5. The molecule has 4 N–H and O–H groups in total. The molecule has 1 amide bonds. The van der Waals surface area contributed by atoms with E-state index in [2.05, 4.69) is 59.5 Å². The summed E-state index contributed by atoms with van der Waals surface area (Å²) in [5, 5.41) is 31.2. The fraction of sp³-hybridized carbons (Fsp3) is 0.689. The van der Waals surface area contributed by atoms with Crippen LogP contribution in [0.2, 0.25) is 0 Å². The third-order valence-electron chi connectivity index (χ3n) is 15.4. The molecular weight excluding hydrogens is 681 g/mol. The summed E-state index contributed by atoms with van der Waals surface area (Å²) < 4.78 is 0. The molecule has 1 aromatic rings. The monoisotopic (exact) mass is 746 g/mol. The van der Waals surface area contributed by atoms with Crippen LogP contribution in [0.25, 0.3) is 5.57 Å². The number of aliphatic carboxylic acids is 2. The Kier molecular flexibility index (Phi) is 12.6. The highest BCUT2D eigenvalue weighted by molar-refractivity contribution is 5.88. The van der Waals surface area contributed by atoms with Crippen molar-refractivity contribution in [1.82, 2.24) is 10.2 Å². The van der Waals surface area contributed by atoms with E-state index in [4.69, 9.17) is 0 Å². The number of allylic oxidation sites excluding steroid dienone is 3. The summed E-state index contributed by atoms with van der Waals surface area (Å²) in [5.41, 5.74) is 3.71. The summed E-state index contributed by atoms with van der Waals surface area (Å²) in [6.45, 7) is 20.0. The normalized spacial score (nSPS) is 33.4. The molecule has 4 fully saturated rings. The number of nitrogens with zero attached hydrogens (tertiary/aromatic N) is 1. The van der Waals surface area contributed by atoms with Gasteiger partial charge in [-0.25, -0.2) is 4.79 Å². The van der Waals surface area contributed by atoms with Crippen molar-refractivity contribution in [3.63, 3.8) is 0 Å². The Labute approximate surface area is 323 Å². The van der Waals surface area contributed by atoms with Crippen molar-refractivity contribution in [3.05, 3.63) is 53.6 Å². The first-order chi connectivity index (χ1) is 25.4. The van der Waals surface area contributed by atoms with Gasteiger partial charge in [0, 0.05) is 26.2 Å². The van der Waals surface area contributed by atoms with Crippen molar-refractivity contribution in [1.29, 1.82) is 0 Å². The first kappa shape index (κ1) is 41.7. The minimum absolute atomic E-state index is 0.0729. The molecule has 0 bridgehead atoms. The van der Waals surface area contributed by atoms with Crippen molar-refractivity contribution in [2.45, 2.75) is 119 Å². The van der Waals surface area contributed by atoms with Crippen LogP contribution in [0.3, 0.4) is 0 Å². The lowest BCUT2D eigenvalue weighted by Gasteiger charge is -2.69. The third kappa shape index (κ3) is 7.94. The highest BCUT2D eigenvalue weighted by Crippen LogP contribution is 2.75. The van der Waals surface area contributed by atoms with Gasteiger partial charge in [0.1, 0.15) is 0 Å². The van der Waals surface area contributed by atoms with E-state index in [0.717, 1.165) is 50.5 Å². The molecule has 8 atom stereocenters. The molecule has 0 radical (unpaired) electrons. The van der Waals surface area contributed by atoms with Crippen LogP contribution < -0.4 is 5.32 Å². The maximum absolute atomic E-state index is 14.5. The van der Waals surface area contributed by atoms with Gasteiger partial charge in [-0.05, 0) is 134 Å². The highest BCUT2D eigenvalue weighted by atomic mass is 16.4. The number of fused-ring (bicyclic) bond motifs is 5. The Hall–Kier alpha value is -3.46. The summed E-state index contributed by atoms with van der Waals surface area (Å²) in [4.78, 5) is 50.4. The second-order valence-corrected chi connectivity index (χ2v) is 18.5. The lowest BCUT2D eigenvalue weighted by atomic mass is 9.35. The van der Waals surface area contributed by atoms with Crippen LogP contribution in [-0.2, 0) is 14.4 Å². The SMILES string of the molecule is C=C(C)C1CCC2(C(=O)NCCN(CCC(=O)O)CCC(=O)O)CCC3(C)C(CCC4C(C)(CC=C(c5ccc(C(=O)O)cc5)C(C)C)CCCC43C)C12. The molecule has 298 valence electrons. The Morgan fingerprint density at radius 1 is 0.852 bits per heavy atom. The van der Waals surface area contributed by atoms with Crippen LogP contribution in [0.5, 0.6) is 0 Å². The van der Waals surface area contributed by atoms with Gasteiger partial charge >= 0.3 is 17.9 Å². The molecule has 54 heavy (non-hydrogen) atoms. The zero-order chi connectivity index (χ0) is 39.6. The molecular formula is C45H66N2O7. The van der Waals surface area contributed by atoms with Crippen LogP contribution in [0.4, 0.5) is 0 Å². The van der Waals surface area contributed by atoms with E-state index in [1.165, 1.54) is 30.4 Å². The molecule has 4 saturated carbocycles. The molecule has 1 aromatic carbocycles.